The Hall–Kier alpha value is -4.01. The van der Waals surface area contributed by atoms with Crippen LogP contribution in [-0.2, 0) is 0 Å². The van der Waals surface area contributed by atoms with Crippen molar-refractivity contribution in [3.8, 4) is 22.8 Å². The molecule has 0 fully saturated rings. The van der Waals surface area contributed by atoms with Crippen molar-refractivity contribution in [3.63, 3.8) is 0 Å². The molecule has 9 heteroatoms. The molecule has 0 saturated heterocycles. The minimum atomic E-state index is -0.780. The molecule has 0 radical (unpaired) electrons. The second kappa shape index (κ2) is 6.06. The molecule has 4 rings (SSSR count). The summed E-state index contributed by atoms with van der Waals surface area (Å²) in [5.41, 5.74) is -0.303. The lowest BCUT2D eigenvalue weighted by molar-refractivity contribution is -0.384. The summed E-state index contributed by atoms with van der Waals surface area (Å²) in [7, 11) is 1.50. The number of fused-ring (bicyclic) bond motifs is 2. The number of non-ortho nitro benzene ring substituents is 1. The van der Waals surface area contributed by atoms with Crippen LogP contribution in [0.2, 0.25) is 0 Å². The zero-order chi connectivity index (χ0) is 19.1. The number of aromatic nitrogens is 3. The third-order valence-electron chi connectivity index (χ3n) is 4.21. The molecular formula is C18H12N4O5. The molecule has 9 nitrogen and oxygen atoms in total. The predicted octanol–water partition coefficient (Wildman–Crippen LogP) is 2.10. The highest BCUT2D eigenvalue weighted by Gasteiger charge is 2.21. The highest BCUT2D eigenvalue weighted by Crippen LogP contribution is 2.33. The number of para-hydroxylation sites is 2. The Morgan fingerprint density at radius 1 is 1.15 bits per heavy atom. The number of aromatic amines is 1. The molecule has 2 aromatic rings. The summed E-state index contributed by atoms with van der Waals surface area (Å²) < 4.78 is 6.99. The predicted molar refractivity (Wildman–Crippen MR) is 97.8 cm³/mol. The molecule has 0 amide bonds. The van der Waals surface area contributed by atoms with Gasteiger partial charge in [0.2, 0.25) is 0 Å². The second-order valence-electron chi connectivity index (χ2n) is 5.76. The number of H-pyrrole nitrogens is 1. The van der Waals surface area contributed by atoms with E-state index < -0.39 is 16.2 Å². The van der Waals surface area contributed by atoms with Crippen LogP contribution >= 0.6 is 0 Å². The van der Waals surface area contributed by atoms with Gasteiger partial charge in [0.25, 0.3) is 11.2 Å². The van der Waals surface area contributed by atoms with E-state index in [0.717, 1.165) is 0 Å². The molecule has 2 aliphatic heterocycles. The number of nitro groups is 1. The lowest BCUT2D eigenvalue weighted by Crippen LogP contribution is -2.27. The van der Waals surface area contributed by atoms with E-state index in [9.17, 15) is 19.7 Å². The summed E-state index contributed by atoms with van der Waals surface area (Å²) >= 11 is 0. The first-order valence-electron chi connectivity index (χ1n) is 7.87. The smallest absolute Gasteiger partial charge is 0.349 e. The summed E-state index contributed by atoms with van der Waals surface area (Å²) in [5.74, 6) is 0.624. The van der Waals surface area contributed by atoms with Crippen LogP contribution in [0.1, 0.15) is 0 Å². The molecule has 0 aromatic heterocycles. The molecule has 27 heavy (non-hydrogen) atoms. The Morgan fingerprint density at radius 2 is 1.93 bits per heavy atom. The van der Waals surface area contributed by atoms with Gasteiger partial charge in [0, 0.05) is 17.5 Å². The van der Waals surface area contributed by atoms with E-state index in [1.807, 2.05) is 0 Å². The number of hydrogen-bond donors (Lipinski definition) is 1. The van der Waals surface area contributed by atoms with Crippen molar-refractivity contribution in [1.82, 2.24) is 14.5 Å². The topological polar surface area (TPSA) is 120 Å². The Bertz CT molecular complexity index is 1290. The van der Waals surface area contributed by atoms with Crippen LogP contribution in [0.15, 0.2) is 58.1 Å². The molecule has 134 valence electrons. The van der Waals surface area contributed by atoms with E-state index in [-0.39, 0.29) is 17.1 Å². The number of methoxy groups -OCH3 is 1. The number of nitrogens with zero attached hydrogens (tertiary/aromatic N) is 3. The minimum absolute atomic E-state index is 0.113. The first-order valence-corrected chi connectivity index (χ1v) is 7.87. The maximum absolute atomic E-state index is 12.3. The van der Waals surface area contributed by atoms with Crippen molar-refractivity contribution >= 4 is 16.6 Å². The maximum atomic E-state index is 12.3. The van der Waals surface area contributed by atoms with Gasteiger partial charge in [-0.2, -0.15) is 4.98 Å². The van der Waals surface area contributed by atoms with Gasteiger partial charge in [-0.1, -0.05) is 12.1 Å². The van der Waals surface area contributed by atoms with Crippen molar-refractivity contribution in [2.45, 2.75) is 0 Å². The van der Waals surface area contributed by atoms with Crippen LogP contribution in [-0.4, -0.2) is 26.6 Å². The molecule has 2 heterocycles. The van der Waals surface area contributed by atoms with Crippen LogP contribution in [0.3, 0.4) is 0 Å². The fourth-order valence-corrected chi connectivity index (χ4v) is 3.05. The number of benzene rings is 2. The molecule has 1 N–H and O–H groups in total. The minimum Gasteiger partial charge on any atom is -0.495 e. The highest BCUT2D eigenvalue weighted by atomic mass is 16.6. The van der Waals surface area contributed by atoms with Gasteiger partial charge < -0.3 is 4.74 Å². The zero-order valence-corrected chi connectivity index (χ0v) is 14.0. The molecular weight excluding hydrogens is 352 g/mol. The molecule has 0 bridgehead atoms. The standard InChI is InChI=1S/C18H12N4O5/c1-27-15-5-3-2-4-14(15)21-13-7-6-11(22(25)26)8-10(13)9-12-16(21)19-18(24)20-17(12)23/h2-9H,1H3,(H,20,23,24). The van der Waals surface area contributed by atoms with E-state index in [1.54, 1.807) is 34.9 Å². The largest absolute Gasteiger partial charge is 0.495 e. The lowest BCUT2D eigenvalue weighted by Gasteiger charge is -2.19. The molecule has 0 unspecified atom stereocenters. The van der Waals surface area contributed by atoms with Crippen molar-refractivity contribution < 1.29 is 9.66 Å². The van der Waals surface area contributed by atoms with E-state index >= 15 is 0 Å². The summed E-state index contributed by atoms with van der Waals surface area (Å²) in [6.07, 6.45) is 0. The van der Waals surface area contributed by atoms with Gasteiger partial charge in [-0.25, -0.2) is 4.79 Å². The van der Waals surface area contributed by atoms with Crippen molar-refractivity contribution in [3.05, 3.63) is 79.5 Å². The quantitative estimate of drug-likeness (QED) is 0.338. The number of hydrogen-bond acceptors (Lipinski definition) is 6. The SMILES string of the molecule is COc1ccccc1-n1c2nc(=O)[nH]c(=O)c-2cc2cc([N+](=O)[O-])ccc21. The van der Waals surface area contributed by atoms with Gasteiger partial charge in [-0.15, -0.1) is 0 Å². The Kier molecular flexibility index (Phi) is 3.69. The lowest BCUT2D eigenvalue weighted by atomic mass is 10.1. The van der Waals surface area contributed by atoms with Crippen LogP contribution in [0.4, 0.5) is 5.69 Å². The van der Waals surface area contributed by atoms with Crippen LogP contribution in [0, 0.1) is 10.1 Å². The summed E-state index contributed by atoms with van der Waals surface area (Å²) in [6.45, 7) is 0. The molecule has 0 saturated carbocycles. The van der Waals surface area contributed by atoms with Crippen molar-refractivity contribution in [1.29, 1.82) is 0 Å². The number of nitrogens with one attached hydrogen (secondary N) is 1. The third-order valence-corrected chi connectivity index (χ3v) is 4.21. The van der Waals surface area contributed by atoms with E-state index in [0.29, 0.717) is 22.3 Å². The van der Waals surface area contributed by atoms with Gasteiger partial charge in [0.05, 0.1) is 28.8 Å². The highest BCUT2D eigenvalue weighted by molar-refractivity contribution is 5.89. The summed E-state index contributed by atoms with van der Waals surface area (Å²) in [4.78, 5) is 40.8. The van der Waals surface area contributed by atoms with Crippen molar-refractivity contribution in [2.75, 3.05) is 7.11 Å². The van der Waals surface area contributed by atoms with Crippen LogP contribution in [0.25, 0.3) is 28.0 Å². The monoisotopic (exact) mass is 364 g/mol. The Balaban J connectivity index is 2.24. The average molecular weight is 364 g/mol. The molecule has 0 spiro atoms. The van der Waals surface area contributed by atoms with Gasteiger partial charge in [-0.3, -0.25) is 24.5 Å². The average Bonchev–Trinajstić information content (AvgIpc) is 2.66. The zero-order valence-electron chi connectivity index (χ0n) is 14.0. The van der Waals surface area contributed by atoms with Crippen LogP contribution in [0.5, 0.6) is 5.75 Å². The van der Waals surface area contributed by atoms with Crippen LogP contribution < -0.4 is 16.0 Å². The first kappa shape index (κ1) is 16.5. The molecule has 2 aromatic carbocycles. The van der Waals surface area contributed by atoms with E-state index in [2.05, 4.69) is 9.97 Å². The number of nitro benzene ring substituents is 1. The van der Waals surface area contributed by atoms with Crippen molar-refractivity contribution in [2.24, 2.45) is 0 Å². The number of rotatable bonds is 3. The Morgan fingerprint density at radius 3 is 2.67 bits per heavy atom. The summed E-state index contributed by atoms with van der Waals surface area (Å²) in [5, 5.41) is 11.6. The molecule has 2 aliphatic rings. The maximum Gasteiger partial charge on any atom is 0.349 e. The number of ether oxygens (including phenoxy) is 1. The molecule has 0 atom stereocenters. The second-order valence-corrected chi connectivity index (χ2v) is 5.76. The third kappa shape index (κ3) is 2.61. The number of pyridine rings is 1. The fraction of sp³-hybridized carbons (Fsp3) is 0.0556. The van der Waals surface area contributed by atoms with Gasteiger partial charge in [0.15, 0.2) is 5.82 Å². The van der Waals surface area contributed by atoms with Gasteiger partial charge >= 0.3 is 5.69 Å². The molecule has 0 aliphatic carbocycles. The summed E-state index contributed by atoms with van der Waals surface area (Å²) in [6, 6.07) is 12.8. The Labute approximate surface area is 151 Å². The van der Waals surface area contributed by atoms with Gasteiger partial charge in [0.1, 0.15) is 5.75 Å². The first-order chi connectivity index (χ1) is 13.0. The van der Waals surface area contributed by atoms with Gasteiger partial charge in [-0.05, 0) is 24.3 Å². The van der Waals surface area contributed by atoms with E-state index in [1.165, 1.54) is 25.3 Å². The van der Waals surface area contributed by atoms with E-state index in [4.69, 9.17) is 4.74 Å². The fourth-order valence-electron chi connectivity index (χ4n) is 3.05. The normalized spacial score (nSPS) is 11.0.